The SMILES string of the molecule is CCNC(C)c1ccn(Cc2c(Br)c(C)nn2CC)c1. The molecule has 0 saturated carbocycles. The highest BCUT2D eigenvalue weighted by molar-refractivity contribution is 9.10. The predicted octanol–water partition coefficient (Wildman–Crippen LogP) is 3.49. The van der Waals surface area contributed by atoms with E-state index in [2.05, 4.69) is 74.8 Å². The maximum Gasteiger partial charge on any atom is 0.0739 e. The van der Waals surface area contributed by atoms with Gasteiger partial charge in [0.05, 0.1) is 22.4 Å². The number of hydrogen-bond acceptors (Lipinski definition) is 2. The maximum atomic E-state index is 4.54. The molecule has 110 valence electrons. The summed E-state index contributed by atoms with van der Waals surface area (Å²) < 4.78 is 5.40. The third kappa shape index (κ3) is 3.15. The molecule has 2 heterocycles. The molecule has 0 fully saturated rings. The fraction of sp³-hybridized carbons (Fsp3) is 0.533. The monoisotopic (exact) mass is 338 g/mol. The van der Waals surface area contributed by atoms with Crippen molar-refractivity contribution >= 4 is 15.9 Å². The molecule has 0 aliphatic heterocycles. The van der Waals surface area contributed by atoms with Gasteiger partial charge in [-0.3, -0.25) is 4.68 Å². The molecule has 2 aromatic heterocycles. The zero-order valence-corrected chi connectivity index (χ0v) is 14.2. The van der Waals surface area contributed by atoms with Crippen molar-refractivity contribution in [3.05, 3.63) is 39.9 Å². The van der Waals surface area contributed by atoms with Crippen LogP contribution in [0.5, 0.6) is 0 Å². The van der Waals surface area contributed by atoms with Gasteiger partial charge < -0.3 is 9.88 Å². The molecule has 0 aliphatic carbocycles. The molecule has 5 heteroatoms. The number of rotatable bonds is 6. The number of aromatic nitrogens is 3. The summed E-state index contributed by atoms with van der Waals surface area (Å²) in [5.74, 6) is 0. The fourth-order valence-corrected chi connectivity index (χ4v) is 2.84. The van der Waals surface area contributed by atoms with Crippen molar-refractivity contribution in [2.75, 3.05) is 6.54 Å². The van der Waals surface area contributed by atoms with Crippen LogP contribution in [-0.4, -0.2) is 20.9 Å². The third-order valence-electron chi connectivity index (χ3n) is 3.57. The molecule has 0 bridgehead atoms. The molecule has 1 atom stereocenters. The largest absolute Gasteiger partial charge is 0.348 e. The molecule has 0 amide bonds. The van der Waals surface area contributed by atoms with Gasteiger partial charge in [0.15, 0.2) is 0 Å². The van der Waals surface area contributed by atoms with Crippen molar-refractivity contribution in [1.82, 2.24) is 19.7 Å². The quantitative estimate of drug-likeness (QED) is 0.874. The van der Waals surface area contributed by atoms with Gasteiger partial charge in [-0.25, -0.2) is 0 Å². The van der Waals surface area contributed by atoms with E-state index in [9.17, 15) is 0 Å². The van der Waals surface area contributed by atoms with Crippen molar-refractivity contribution in [3.8, 4) is 0 Å². The Bertz CT molecular complexity index is 570. The molecule has 1 unspecified atom stereocenters. The van der Waals surface area contributed by atoms with Crippen LogP contribution in [0.1, 0.15) is 43.8 Å². The van der Waals surface area contributed by atoms with Gasteiger partial charge in [-0.15, -0.1) is 0 Å². The van der Waals surface area contributed by atoms with Gasteiger partial charge in [0.25, 0.3) is 0 Å². The molecule has 0 aliphatic rings. The van der Waals surface area contributed by atoms with E-state index in [4.69, 9.17) is 0 Å². The van der Waals surface area contributed by atoms with Crippen LogP contribution in [0.3, 0.4) is 0 Å². The second kappa shape index (κ2) is 6.59. The van der Waals surface area contributed by atoms with Crippen LogP contribution in [0.4, 0.5) is 0 Å². The van der Waals surface area contributed by atoms with Gasteiger partial charge in [0.2, 0.25) is 0 Å². The molecule has 1 N–H and O–H groups in total. The summed E-state index contributed by atoms with van der Waals surface area (Å²) in [5, 5.41) is 7.98. The van der Waals surface area contributed by atoms with Gasteiger partial charge in [-0.2, -0.15) is 5.10 Å². The van der Waals surface area contributed by atoms with Crippen molar-refractivity contribution in [2.45, 2.75) is 46.8 Å². The van der Waals surface area contributed by atoms with E-state index in [0.717, 1.165) is 29.8 Å². The van der Waals surface area contributed by atoms with Gasteiger partial charge >= 0.3 is 0 Å². The lowest BCUT2D eigenvalue weighted by atomic mass is 10.2. The summed E-state index contributed by atoms with van der Waals surface area (Å²) in [4.78, 5) is 0. The smallest absolute Gasteiger partial charge is 0.0739 e. The number of halogens is 1. The normalized spacial score (nSPS) is 12.8. The van der Waals surface area contributed by atoms with Gasteiger partial charge in [-0.05, 0) is 54.9 Å². The average molecular weight is 339 g/mol. The minimum Gasteiger partial charge on any atom is -0.348 e. The minimum absolute atomic E-state index is 0.391. The molecule has 2 rings (SSSR count). The number of nitrogens with one attached hydrogen (secondary N) is 1. The van der Waals surface area contributed by atoms with Gasteiger partial charge in [0.1, 0.15) is 0 Å². The predicted molar refractivity (Wildman–Crippen MR) is 86.0 cm³/mol. The van der Waals surface area contributed by atoms with E-state index in [-0.39, 0.29) is 0 Å². The molecule has 0 aromatic carbocycles. The van der Waals surface area contributed by atoms with Crippen molar-refractivity contribution < 1.29 is 0 Å². The Morgan fingerprint density at radius 2 is 2.15 bits per heavy atom. The van der Waals surface area contributed by atoms with E-state index in [0.29, 0.717) is 6.04 Å². The molecule has 20 heavy (non-hydrogen) atoms. The first kappa shape index (κ1) is 15.3. The first-order valence-corrected chi connectivity index (χ1v) is 7.96. The van der Waals surface area contributed by atoms with E-state index >= 15 is 0 Å². The first-order valence-electron chi connectivity index (χ1n) is 7.17. The van der Waals surface area contributed by atoms with Crippen LogP contribution < -0.4 is 5.32 Å². The lowest BCUT2D eigenvalue weighted by molar-refractivity contribution is 0.587. The Labute approximate surface area is 129 Å². The van der Waals surface area contributed by atoms with Crippen LogP contribution in [0.2, 0.25) is 0 Å². The summed E-state index contributed by atoms with van der Waals surface area (Å²) in [6.07, 6.45) is 4.35. The standard InChI is InChI=1S/C15H23BrN4/c1-5-17-11(3)13-7-8-19(9-13)10-14-15(16)12(4)18-20(14)6-2/h7-9,11,17H,5-6,10H2,1-4H3. The number of hydrogen-bond donors (Lipinski definition) is 1. The zero-order chi connectivity index (χ0) is 14.7. The van der Waals surface area contributed by atoms with Gasteiger partial charge in [-0.1, -0.05) is 6.92 Å². The van der Waals surface area contributed by atoms with Crippen LogP contribution >= 0.6 is 15.9 Å². The van der Waals surface area contributed by atoms with E-state index < -0.39 is 0 Å². The number of nitrogens with zero attached hydrogens (tertiary/aromatic N) is 3. The molecule has 0 radical (unpaired) electrons. The second-order valence-electron chi connectivity index (χ2n) is 5.06. The van der Waals surface area contributed by atoms with Crippen molar-refractivity contribution in [2.24, 2.45) is 0 Å². The Kier molecular flexibility index (Phi) is 5.05. The third-order valence-corrected chi connectivity index (χ3v) is 4.60. The van der Waals surface area contributed by atoms with Crippen LogP contribution in [0.25, 0.3) is 0 Å². The Balaban J connectivity index is 2.18. The fourth-order valence-electron chi connectivity index (χ4n) is 2.43. The Hall–Kier alpha value is -1.07. The highest BCUT2D eigenvalue weighted by Gasteiger charge is 2.13. The van der Waals surface area contributed by atoms with Gasteiger partial charge in [0, 0.05) is 25.0 Å². The Morgan fingerprint density at radius 1 is 1.40 bits per heavy atom. The Morgan fingerprint density at radius 3 is 2.80 bits per heavy atom. The minimum atomic E-state index is 0.391. The number of aryl methyl sites for hydroxylation is 2. The molecule has 4 nitrogen and oxygen atoms in total. The molecule has 2 aromatic rings. The summed E-state index contributed by atoms with van der Waals surface area (Å²) in [7, 11) is 0. The van der Waals surface area contributed by atoms with E-state index in [1.54, 1.807) is 0 Å². The summed E-state index contributed by atoms with van der Waals surface area (Å²) in [5.41, 5.74) is 3.60. The molecular formula is C15H23BrN4. The molecule has 0 saturated heterocycles. The first-order chi connectivity index (χ1) is 9.56. The highest BCUT2D eigenvalue weighted by atomic mass is 79.9. The zero-order valence-electron chi connectivity index (χ0n) is 12.7. The van der Waals surface area contributed by atoms with E-state index in [1.165, 1.54) is 11.3 Å². The van der Waals surface area contributed by atoms with Crippen molar-refractivity contribution in [3.63, 3.8) is 0 Å². The van der Waals surface area contributed by atoms with E-state index in [1.807, 2.05) is 6.92 Å². The molecule has 0 spiro atoms. The van der Waals surface area contributed by atoms with Crippen LogP contribution in [0.15, 0.2) is 22.9 Å². The lowest BCUT2D eigenvalue weighted by Gasteiger charge is -2.10. The van der Waals surface area contributed by atoms with Crippen molar-refractivity contribution in [1.29, 1.82) is 0 Å². The summed E-state index contributed by atoms with van der Waals surface area (Å²) in [6, 6.07) is 2.57. The molecular weight excluding hydrogens is 316 g/mol. The van der Waals surface area contributed by atoms with Crippen LogP contribution in [0, 0.1) is 6.92 Å². The average Bonchev–Trinajstić information content (AvgIpc) is 2.99. The van der Waals surface area contributed by atoms with Crippen LogP contribution in [-0.2, 0) is 13.1 Å². The maximum absolute atomic E-state index is 4.54. The topological polar surface area (TPSA) is 34.8 Å². The summed E-state index contributed by atoms with van der Waals surface area (Å²) >= 11 is 3.65. The second-order valence-corrected chi connectivity index (χ2v) is 5.85. The lowest BCUT2D eigenvalue weighted by Crippen LogP contribution is -2.17. The highest BCUT2D eigenvalue weighted by Crippen LogP contribution is 2.22. The summed E-state index contributed by atoms with van der Waals surface area (Å²) in [6.45, 7) is 11.2.